The maximum absolute atomic E-state index is 12.2. The van der Waals surface area contributed by atoms with Crippen LogP contribution in [0.15, 0.2) is 58.8 Å². The van der Waals surface area contributed by atoms with E-state index in [9.17, 15) is 9.59 Å². The summed E-state index contributed by atoms with van der Waals surface area (Å²) >= 11 is 1.13. The van der Waals surface area contributed by atoms with Crippen LogP contribution in [-0.4, -0.2) is 45.6 Å². The minimum Gasteiger partial charge on any atom is -0.497 e. The van der Waals surface area contributed by atoms with Crippen LogP contribution in [0, 0.1) is 0 Å². The molecule has 0 saturated heterocycles. The van der Waals surface area contributed by atoms with Gasteiger partial charge in [-0.3, -0.25) is 9.59 Å². The number of hydrogen-bond acceptors (Lipinski definition) is 9. The molecular weight excluding hydrogens is 418 g/mol. The number of benzene rings is 2. The molecule has 1 heterocycles. The smallest absolute Gasteiger partial charge is 0.264 e. The SMILES string of the molecule is COc1ccc(/C=N/Nc2nnc(SCC(=O)Nc3ccc(C(C)=O)cc3)n2N)cc1. The van der Waals surface area contributed by atoms with Crippen molar-refractivity contribution in [3.63, 3.8) is 0 Å². The fourth-order valence-electron chi connectivity index (χ4n) is 2.42. The minimum atomic E-state index is -0.240. The van der Waals surface area contributed by atoms with E-state index in [-0.39, 0.29) is 23.4 Å². The molecule has 3 rings (SSSR count). The predicted molar refractivity (Wildman–Crippen MR) is 120 cm³/mol. The summed E-state index contributed by atoms with van der Waals surface area (Å²) in [5.74, 6) is 6.75. The van der Waals surface area contributed by atoms with Crippen LogP contribution in [0.4, 0.5) is 11.6 Å². The quantitative estimate of drug-likeness (QED) is 0.152. The van der Waals surface area contributed by atoms with Crippen molar-refractivity contribution in [2.75, 3.05) is 29.4 Å². The number of carbonyl (C=O) groups excluding carboxylic acids is 2. The van der Waals surface area contributed by atoms with Gasteiger partial charge < -0.3 is 15.9 Å². The van der Waals surface area contributed by atoms with Crippen molar-refractivity contribution in [2.45, 2.75) is 12.1 Å². The Bertz CT molecular complexity index is 1080. The molecule has 0 bridgehead atoms. The molecular formula is C20H21N7O3S. The minimum absolute atomic E-state index is 0.0338. The van der Waals surface area contributed by atoms with E-state index in [0.717, 1.165) is 23.1 Å². The molecule has 11 heteroatoms. The molecule has 1 aromatic heterocycles. The second-order valence-corrected chi connectivity index (χ2v) is 7.23. The average molecular weight is 440 g/mol. The summed E-state index contributed by atoms with van der Waals surface area (Å²) in [6.07, 6.45) is 1.60. The summed E-state index contributed by atoms with van der Waals surface area (Å²) in [7, 11) is 1.60. The van der Waals surface area contributed by atoms with E-state index in [0.29, 0.717) is 16.4 Å². The molecule has 0 fully saturated rings. The Morgan fingerprint density at radius 1 is 1.16 bits per heavy atom. The summed E-state index contributed by atoms with van der Waals surface area (Å²) in [5.41, 5.74) is 4.75. The molecule has 10 nitrogen and oxygen atoms in total. The van der Waals surface area contributed by atoms with E-state index in [1.807, 2.05) is 24.3 Å². The van der Waals surface area contributed by atoms with Crippen molar-refractivity contribution < 1.29 is 14.3 Å². The maximum atomic E-state index is 12.2. The lowest BCUT2D eigenvalue weighted by Gasteiger charge is -2.06. The number of Topliss-reactive ketones (excluding diaryl/α,β-unsaturated/α-hetero) is 1. The van der Waals surface area contributed by atoms with Gasteiger partial charge in [-0.05, 0) is 61.0 Å². The number of nitrogens with zero attached hydrogens (tertiary/aromatic N) is 4. The summed E-state index contributed by atoms with van der Waals surface area (Å²) in [4.78, 5) is 23.4. The molecule has 0 unspecified atom stereocenters. The van der Waals surface area contributed by atoms with Crippen LogP contribution in [0.25, 0.3) is 0 Å². The highest BCUT2D eigenvalue weighted by atomic mass is 32.2. The third-order valence-electron chi connectivity index (χ3n) is 4.07. The van der Waals surface area contributed by atoms with Crippen LogP contribution >= 0.6 is 11.8 Å². The molecule has 0 aliphatic carbocycles. The first-order chi connectivity index (χ1) is 15.0. The Morgan fingerprint density at radius 3 is 2.52 bits per heavy atom. The van der Waals surface area contributed by atoms with E-state index in [1.165, 1.54) is 11.6 Å². The number of nitrogen functional groups attached to an aromatic ring is 1. The largest absolute Gasteiger partial charge is 0.497 e. The number of rotatable bonds is 9. The number of methoxy groups -OCH3 is 1. The summed E-state index contributed by atoms with van der Waals surface area (Å²) < 4.78 is 6.32. The highest BCUT2D eigenvalue weighted by Crippen LogP contribution is 2.18. The Morgan fingerprint density at radius 2 is 1.87 bits per heavy atom. The van der Waals surface area contributed by atoms with Crippen molar-refractivity contribution in [1.29, 1.82) is 0 Å². The zero-order valence-electron chi connectivity index (χ0n) is 16.9. The van der Waals surface area contributed by atoms with Crippen LogP contribution in [0.1, 0.15) is 22.8 Å². The van der Waals surface area contributed by atoms with E-state index in [1.54, 1.807) is 37.6 Å². The van der Waals surface area contributed by atoms with Gasteiger partial charge in [-0.25, -0.2) is 10.1 Å². The van der Waals surface area contributed by atoms with Crippen molar-refractivity contribution in [2.24, 2.45) is 5.10 Å². The molecule has 31 heavy (non-hydrogen) atoms. The fraction of sp³-hybridized carbons (Fsp3) is 0.150. The summed E-state index contributed by atoms with van der Waals surface area (Å²) in [6.45, 7) is 1.49. The van der Waals surface area contributed by atoms with Crippen LogP contribution < -0.4 is 21.3 Å². The lowest BCUT2D eigenvalue weighted by Crippen LogP contribution is -2.17. The van der Waals surface area contributed by atoms with E-state index < -0.39 is 0 Å². The molecule has 0 saturated carbocycles. The number of hydrogen-bond donors (Lipinski definition) is 3. The van der Waals surface area contributed by atoms with Crippen molar-refractivity contribution >= 4 is 41.3 Å². The van der Waals surface area contributed by atoms with E-state index in [2.05, 4.69) is 26.0 Å². The molecule has 1 amide bonds. The molecule has 2 aromatic carbocycles. The number of ether oxygens (including phenoxy) is 1. The molecule has 4 N–H and O–H groups in total. The monoisotopic (exact) mass is 439 g/mol. The molecule has 3 aromatic rings. The fourth-order valence-corrected chi connectivity index (χ4v) is 3.08. The Balaban J connectivity index is 1.50. The molecule has 0 aliphatic rings. The Hall–Kier alpha value is -3.86. The van der Waals surface area contributed by atoms with Gasteiger partial charge in [0.05, 0.1) is 19.1 Å². The standard InChI is InChI=1S/C20H21N7O3S/c1-13(28)15-5-7-16(8-6-15)23-18(29)12-31-20-26-25-19(27(20)21)24-22-11-14-3-9-17(30-2)10-4-14/h3-11H,12,21H2,1-2H3,(H,23,29)(H,24,25)/b22-11+. The third-order valence-corrected chi connectivity index (χ3v) is 5.01. The first-order valence-corrected chi connectivity index (χ1v) is 10.1. The first-order valence-electron chi connectivity index (χ1n) is 9.13. The maximum Gasteiger partial charge on any atom is 0.264 e. The van der Waals surface area contributed by atoms with Gasteiger partial charge in [0.15, 0.2) is 5.78 Å². The number of ketones is 1. The van der Waals surface area contributed by atoms with Gasteiger partial charge in [-0.1, -0.05) is 11.8 Å². The third kappa shape index (κ3) is 6.06. The number of carbonyl (C=O) groups is 2. The highest BCUT2D eigenvalue weighted by Gasteiger charge is 2.12. The second kappa shape index (κ2) is 10.3. The van der Waals surface area contributed by atoms with E-state index in [4.69, 9.17) is 10.6 Å². The molecule has 0 aliphatic heterocycles. The van der Waals surface area contributed by atoms with Crippen molar-refractivity contribution in [3.8, 4) is 5.75 Å². The van der Waals surface area contributed by atoms with Crippen LogP contribution in [-0.2, 0) is 4.79 Å². The van der Waals surface area contributed by atoms with Gasteiger partial charge in [0, 0.05) is 11.3 Å². The van der Waals surface area contributed by atoms with Gasteiger partial charge >= 0.3 is 0 Å². The molecule has 160 valence electrons. The second-order valence-electron chi connectivity index (χ2n) is 6.29. The lowest BCUT2D eigenvalue weighted by molar-refractivity contribution is -0.113. The van der Waals surface area contributed by atoms with Gasteiger partial charge in [0.25, 0.3) is 5.95 Å². The summed E-state index contributed by atoms with van der Waals surface area (Å²) in [6, 6.07) is 14.0. The highest BCUT2D eigenvalue weighted by molar-refractivity contribution is 7.99. The Labute approximate surface area is 182 Å². The topological polar surface area (TPSA) is 137 Å². The van der Waals surface area contributed by atoms with Gasteiger partial charge in [-0.15, -0.1) is 10.2 Å². The zero-order valence-corrected chi connectivity index (χ0v) is 17.7. The van der Waals surface area contributed by atoms with Gasteiger partial charge in [0.1, 0.15) is 5.75 Å². The van der Waals surface area contributed by atoms with Crippen LogP contribution in [0.3, 0.4) is 0 Å². The lowest BCUT2D eigenvalue weighted by atomic mass is 10.1. The number of nitrogens with two attached hydrogens (primary N) is 1. The molecule has 0 spiro atoms. The first kappa shape index (κ1) is 21.8. The van der Waals surface area contributed by atoms with Gasteiger partial charge in [0.2, 0.25) is 11.1 Å². The summed E-state index contributed by atoms with van der Waals surface area (Å²) in [5, 5.41) is 15.1. The number of amides is 1. The Kier molecular flexibility index (Phi) is 7.22. The number of thioether (sulfide) groups is 1. The van der Waals surface area contributed by atoms with Gasteiger partial charge in [-0.2, -0.15) is 5.10 Å². The molecule has 0 radical (unpaired) electrons. The zero-order chi connectivity index (χ0) is 22.2. The number of nitrogens with one attached hydrogen (secondary N) is 2. The van der Waals surface area contributed by atoms with E-state index >= 15 is 0 Å². The van der Waals surface area contributed by atoms with Crippen LogP contribution in [0.2, 0.25) is 0 Å². The average Bonchev–Trinajstić information content (AvgIpc) is 3.12. The van der Waals surface area contributed by atoms with Crippen molar-refractivity contribution in [3.05, 3.63) is 59.7 Å². The number of aromatic nitrogens is 3. The number of anilines is 2. The van der Waals surface area contributed by atoms with Crippen molar-refractivity contribution in [1.82, 2.24) is 14.9 Å². The van der Waals surface area contributed by atoms with Crippen LogP contribution in [0.5, 0.6) is 5.75 Å². The normalized spacial score (nSPS) is 10.8. The number of hydrazone groups is 1. The molecule has 0 atom stereocenters. The predicted octanol–water partition coefficient (Wildman–Crippen LogP) is 2.38.